The van der Waals surface area contributed by atoms with Crippen molar-refractivity contribution >= 4 is 11.8 Å². The van der Waals surface area contributed by atoms with Crippen molar-refractivity contribution in [3.8, 4) is 11.6 Å². The first kappa shape index (κ1) is 22.9. The van der Waals surface area contributed by atoms with Crippen LogP contribution in [0.4, 0.5) is 10.5 Å². The molecule has 7 heteroatoms. The second-order valence-electron chi connectivity index (χ2n) is 7.50. The highest BCUT2D eigenvalue weighted by atomic mass is 16.7. The number of amides is 1. The smallest absolute Gasteiger partial charge is 0.413 e. The van der Waals surface area contributed by atoms with Crippen molar-refractivity contribution in [3.05, 3.63) is 84.1 Å². The van der Waals surface area contributed by atoms with Gasteiger partial charge in [0, 0.05) is 52.1 Å². The minimum atomic E-state index is -0.785. The number of benzene rings is 2. The van der Waals surface area contributed by atoms with Gasteiger partial charge >= 0.3 is 6.09 Å². The Morgan fingerprint density at radius 1 is 0.938 bits per heavy atom. The summed E-state index contributed by atoms with van der Waals surface area (Å²) in [5.41, 5.74) is 3.06. The van der Waals surface area contributed by atoms with Gasteiger partial charge in [0.05, 0.1) is 7.11 Å². The van der Waals surface area contributed by atoms with Gasteiger partial charge in [0.15, 0.2) is 0 Å². The van der Waals surface area contributed by atoms with Gasteiger partial charge in [-0.05, 0) is 41.5 Å². The highest BCUT2D eigenvalue weighted by Crippen LogP contribution is 2.18. The Bertz CT molecular complexity index is 976. The average Bonchev–Trinajstić information content (AvgIpc) is 2.80. The zero-order valence-electron chi connectivity index (χ0n) is 18.9. The molecule has 0 radical (unpaired) electrons. The lowest BCUT2D eigenvalue weighted by Gasteiger charge is -2.25. The molecule has 0 N–H and O–H groups in total. The van der Waals surface area contributed by atoms with Crippen molar-refractivity contribution in [1.82, 2.24) is 9.88 Å². The van der Waals surface area contributed by atoms with E-state index in [1.165, 1.54) is 0 Å². The first-order valence-electron chi connectivity index (χ1n) is 10.4. The molecule has 1 atom stereocenters. The lowest BCUT2D eigenvalue weighted by Crippen LogP contribution is -2.34. The van der Waals surface area contributed by atoms with Crippen molar-refractivity contribution in [1.29, 1.82) is 0 Å². The predicted molar refractivity (Wildman–Crippen MR) is 124 cm³/mol. The number of carbonyl (C=O) groups is 1. The molecule has 0 fully saturated rings. The number of anilines is 1. The predicted octanol–water partition coefficient (Wildman–Crippen LogP) is 4.72. The van der Waals surface area contributed by atoms with Crippen molar-refractivity contribution in [2.45, 2.75) is 26.3 Å². The van der Waals surface area contributed by atoms with E-state index in [4.69, 9.17) is 14.2 Å². The molecule has 3 rings (SSSR count). The molecule has 0 saturated heterocycles. The van der Waals surface area contributed by atoms with Crippen LogP contribution >= 0.6 is 0 Å². The van der Waals surface area contributed by atoms with Crippen molar-refractivity contribution in [2.24, 2.45) is 0 Å². The number of carbonyl (C=O) groups excluding carboxylic acids is 1. The third kappa shape index (κ3) is 6.63. The zero-order chi connectivity index (χ0) is 22.9. The molecule has 0 aliphatic carbocycles. The Balaban J connectivity index is 1.72. The fourth-order valence-corrected chi connectivity index (χ4v) is 3.08. The summed E-state index contributed by atoms with van der Waals surface area (Å²) >= 11 is 0. The molecule has 7 nitrogen and oxygen atoms in total. The maximum absolute atomic E-state index is 13.0. The van der Waals surface area contributed by atoms with Gasteiger partial charge < -0.3 is 19.1 Å². The maximum atomic E-state index is 13.0. The number of nitrogens with zero attached hydrogens (tertiary/aromatic N) is 3. The van der Waals surface area contributed by atoms with Gasteiger partial charge in [-0.25, -0.2) is 9.78 Å². The molecule has 0 saturated carbocycles. The van der Waals surface area contributed by atoms with Crippen LogP contribution in [0.1, 0.15) is 18.1 Å². The lowest BCUT2D eigenvalue weighted by atomic mass is 10.1. The van der Waals surface area contributed by atoms with Crippen LogP contribution in [-0.2, 0) is 17.8 Å². The van der Waals surface area contributed by atoms with Crippen LogP contribution in [0.15, 0.2) is 72.9 Å². The first-order valence-corrected chi connectivity index (χ1v) is 10.4. The molecule has 1 aromatic heterocycles. The molecular weight excluding hydrogens is 406 g/mol. The number of aromatic nitrogens is 1. The highest BCUT2D eigenvalue weighted by Gasteiger charge is 2.20. The largest absolute Gasteiger partial charge is 0.497 e. The van der Waals surface area contributed by atoms with Crippen LogP contribution in [0, 0.1) is 0 Å². The van der Waals surface area contributed by atoms with Gasteiger partial charge in [0.25, 0.3) is 0 Å². The molecule has 1 heterocycles. The minimum absolute atomic E-state index is 0.383. The maximum Gasteiger partial charge on any atom is 0.413 e. The van der Waals surface area contributed by atoms with E-state index in [9.17, 15) is 4.79 Å². The summed E-state index contributed by atoms with van der Waals surface area (Å²) in [7, 11) is 5.61. The fourth-order valence-electron chi connectivity index (χ4n) is 3.08. The van der Waals surface area contributed by atoms with Crippen LogP contribution in [-0.4, -0.2) is 43.5 Å². The standard InChI is InChI=1S/C25H29N3O4/c1-19(31-24-7-5-6-16-26-24)32-25(29)28(18-21-10-14-23(30-4)15-11-21)17-20-8-12-22(13-9-20)27(2)3/h5-16,19H,17-18H2,1-4H3. The number of pyridine rings is 1. The van der Waals surface area contributed by atoms with E-state index in [2.05, 4.69) is 4.98 Å². The molecule has 1 amide bonds. The van der Waals surface area contributed by atoms with Crippen LogP contribution in [0.5, 0.6) is 11.6 Å². The molecule has 0 spiro atoms. The van der Waals surface area contributed by atoms with Crippen molar-refractivity contribution in [2.75, 3.05) is 26.1 Å². The van der Waals surface area contributed by atoms with Crippen LogP contribution in [0.3, 0.4) is 0 Å². The van der Waals surface area contributed by atoms with E-state index in [0.29, 0.717) is 19.0 Å². The molecule has 168 valence electrons. The van der Waals surface area contributed by atoms with E-state index in [-0.39, 0.29) is 0 Å². The molecule has 0 aliphatic rings. The zero-order valence-corrected chi connectivity index (χ0v) is 18.9. The van der Waals surface area contributed by atoms with E-state index < -0.39 is 12.4 Å². The van der Waals surface area contributed by atoms with Gasteiger partial charge in [0.1, 0.15) is 5.75 Å². The number of ether oxygens (including phenoxy) is 3. The fraction of sp³-hybridized carbons (Fsp3) is 0.280. The summed E-state index contributed by atoms with van der Waals surface area (Å²) in [5.74, 6) is 1.16. The molecule has 0 bridgehead atoms. The Morgan fingerprint density at radius 2 is 1.56 bits per heavy atom. The van der Waals surface area contributed by atoms with Gasteiger partial charge in [-0.3, -0.25) is 4.90 Å². The number of methoxy groups -OCH3 is 1. The molecule has 0 aliphatic heterocycles. The summed E-state index contributed by atoms with van der Waals surface area (Å²) in [6.07, 6.45) is 0.366. The van der Waals surface area contributed by atoms with Crippen LogP contribution in [0.2, 0.25) is 0 Å². The first-order chi connectivity index (χ1) is 15.4. The van der Waals surface area contributed by atoms with Gasteiger partial charge in [-0.1, -0.05) is 30.3 Å². The summed E-state index contributed by atoms with van der Waals surface area (Å²) in [6, 6.07) is 21.0. The highest BCUT2D eigenvalue weighted by molar-refractivity contribution is 5.68. The van der Waals surface area contributed by atoms with Crippen molar-refractivity contribution < 1.29 is 19.0 Å². The lowest BCUT2D eigenvalue weighted by molar-refractivity contribution is -0.0376. The number of hydrogen-bond acceptors (Lipinski definition) is 6. The molecule has 32 heavy (non-hydrogen) atoms. The molecule has 3 aromatic rings. The Kier molecular flexibility index (Phi) is 7.91. The van der Waals surface area contributed by atoms with E-state index in [1.54, 1.807) is 37.3 Å². The quantitative estimate of drug-likeness (QED) is 0.453. The Morgan fingerprint density at radius 3 is 2.09 bits per heavy atom. The summed E-state index contributed by atoms with van der Waals surface area (Å²) < 4.78 is 16.4. The van der Waals surface area contributed by atoms with Gasteiger partial charge in [-0.2, -0.15) is 0 Å². The van der Waals surface area contributed by atoms with E-state index in [0.717, 1.165) is 22.6 Å². The average molecular weight is 436 g/mol. The van der Waals surface area contributed by atoms with Gasteiger partial charge in [-0.15, -0.1) is 0 Å². The number of rotatable bonds is 9. The van der Waals surface area contributed by atoms with Crippen molar-refractivity contribution in [3.63, 3.8) is 0 Å². The second kappa shape index (κ2) is 11.0. The second-order valence-corrected chi connectivity index (χ2v) is 7.50. The topological polar surface area (TPSA) is 64.1 Å². The molecule has 2 aromatic carbocycles. The Hall–Kier alpha value is -3.74. The third-order valence-electron chi connectivity index (χ3n) is 4.81. The van der Waals surface area contributed by atoms with Gasteiger partial charge in [0.2, 0.25) is 12.2 Å². The summed E-state index contributed by atoms with van der Waals surface area (Å²) in [4.78, 5) is 20.8. The Labute approximate surface area is 189 Å². The van der Waals surface area contributed by atoms with Crippen LogP contribution in [0.25, 0.3) is 0 Å². The normalized spacial score (nSPS) is 11.4. The SMILES string of the molecule is COc1ccc(CN(Cc2ccc(N(C)C)cc2)C(=O)OC(C)Oc2ccccn2)cc1. The van der Waals surface area contributed by atoms with Crippen LogP contribution < -0.4 is 14.4 Å². The minimum Gasteiger partial charge on any atom is -0.497 e. The third-order valence-corrected chi connectivity index (χ3v) is 4.81. The van der Waals surface area contributed by atoms with E-state index >= 15 is 0 Å². The summed E-state index contributed by atoms with van der Waals surface area (Å²) in [6.45, 7) is 2.45. The summed E-state index contributed by atoms with van der Waals surface area (Å²) in [5, 5.41) is 0. The monoisotopic (exact) mass is 435 g/mol. The van der Waals surface area contributed by atoms with E-state index in [1.807, 2.05) is 73.6 Å². The molecular formula is C25H29N3O4. The number of hydrogen-bond donors (Lipinski definition) is 0. The molecule has 1 unspecified atom stereocenters.